The third kappa shape index (κ3) is 2.85. The topological polar surface area (TPSA) is 29.1 Å². The molecule has 0 unspecified atom stereocenters. The van der Waals surface area contributed by atoms with Crippen LogP contribution < -0.4 is 5.32 Å². The van der Waals surface area contributed by atoms with Crippen molar-refractivity contribution in [3.63, 3.8) is 0 Å². The molecule has 0 fully saturated rings. The second-order valence-corrected chi connectivity index (χ2v) is 4.03. The molecule has 0 atom stereocenters. The van der Waals surface area contributed by atoms with Gasteiger partial charge < -0.3 is 5.32 Å². The van der Waals surface area contributed by atoms with E-state index in [1.165, 1.54) is 6.92 Å². The number of carbonyl (C=O) groups is 1. The Bertz CT molecular complexity index is 396. The highest BCUT2D eigenvalue weighted by Crippen LogP contribution is 2.23. The van der Waals surface area contributed by atoms with Gasteiger partial charge in [0.1, 0.15) is 0 Å². The summed E-state index contributed by atoms with van der Waals surface area (Å²) >= 11 is 0. The van der Waals surface area contributed by atoms with Gasteiger partial charge >= 0.3 is 0 Å². The van der Waals surface area contributed by atoms with Crippen molar-refractivity contribution in [2.24, 2.45) is 0 Å². The van der Waals surface area contributed by atoms with Crippen molar-refractivity contribution >= 4 is 11.6 Å². The second kappa shape index (κ2) is 4.18. The Balaban J connectivity index is 2.91. The third-order valence-electron chi connectivity index (χ3n) is 2.29. The summed E-state index contributed by atoms with van der Waals surface area (Å²) in [7, 11) is 0. The van der Waals surface area contributed by atoms with Crippen LogP contribution in [0.15, 0.2) is 24.3 Å². The number of hydrogen-bond acceptors (Lipinski definition) is 1. The molecule has 0 radical (unpaired) electrons. The Labute approximate surface area is 90.7 Å². The summed E-state index contributed by atoms with van der Waals surface area (Å²) in [4.78, 5) is 10.8. The zero-order valence-corrected chi connectivity index (χ0v) is 9.29. The van der Waals surface area contributed by atoms with Gasteiger partial charge in [-0.1, -0.05) is 18.1 Å². The van der Waals surface area contributed by atoms with Gasteiger partial charge in [0, 0.05) is 12.6 Å². The van der Waals surface area contributed by atoms with E-state index in [1.807, 2.05) is 38.1 Å². The maximum atomic E-state index is 10.8. The molecule has 0 aromatic heterocycles. The van der Waals surface area contributed by atoms with Gasteiger partial charge in [0.25, 0.3) is 0 Å². The molecule has 2 heteroatoms. The average Bonchev–Trinajstić information content (AvgIpc) is 2.18. The normalized spacial score (nSPS) is 10.5. The number of nitrogens with one attached hydrogen (secondary N) is 1. The van der Waals surface area contributed by atoms with Crippen LogP contribution in [-0.2, 0) is 10.2 Å². The first-order chi connectivity index (χ1) is 6.95. The molecule has 0 saturated heterocycles. The van der Waals surface area contributed by atoms with Crippen molar-refractivity contribution in [1.82, 2.24) is 0 Å². The summed E-state index contributed by atoms with van der Waals surface area (Å²) in [5.41, 5.74) is 1.59. The van der Waals surface area contributed by atoms with Crippen LogP contribution in [0.1, 0.15) is 26.3 Å². The third-order valence-corrected chi connectivity index (χ3v) is 2.29. The lowest BCUT2D eigenvalue weighted by Crippen LogP contribution is -2.14. The predicted molar refractivity (Wildman–Crippen MR) is 62.6 cm³/mol. The summed E-state index contributed by atoms with van der Waals surface area (Å²) in [5.74, 6) is 2.66. The molecule has 1 rings (SSSR count). The number of anilines is 1. The number of terminal acetylenes is 1. The molecule has 0 aliphatic rings. The fourth-order valence-corrected chi connectivity index (χ4v) is 1.26. The highest BCUT2D eigenvalue weighted by Gasteiger charge is 2.16. The van der Waals surface area contributed by atoms with E-state index in [0.29, 0.717) is 0 Å². The largest absolute Gasteiger partial charge is 0.326 e. The SMILES string of the molecule is C#CC(C)(C)c1ccc(NC(C)=O)cc1. The number of amides is 1. The van der Waals surface area contributed by atoms with Crippen molar-refractivity contribution in [1.29, 1.82) is 0 Å². The molecule has 0 bridgehead atoms. The molecule has 2 nitrogen and oxygen atoms in total. The number of hydrogen-bond donors (Lipinski definition) is 1. The fourth-order valence-electron chi connectivity index (χ4n) is 1.26. The van der Waals surface area contributed by atoms with Crippen molar-refractivity contribution in [3.05, 3.63) is 29.8 Å². The Hall–Kier alpha value is -1.75. The quantitative estimate of drug-likeness (QED) is 0.732. The van der Waals surface area contributed by atoms with Crippen molar-refractivity contribution in [2.75, 3.05) is 5.32 Å². The molecule has 1 aromatic rings. The van der Waals surface area contributed by atoms with Crippen LogP contribution in [0.2, 0.25) is 0 Å². The predicted octanol–water partition coefficient (Wildman–Crippen LogP) is 2.56. The van der Waals surface area contributed by atoms with E-state index in [0.717, 1.165) is 11.3 Å². The van der Waals surface area contributed by atoms with Gasteiger partial charge in [-0.3, -0.25) is 4.79 Å². The Kier molecular flexibility index (Phi) is 3.16. The molecular formula is C13H15NO. The van der Waals surface area contributed by atoms with Crippen LogP contribution in [0.4, 0.5) is 5.69 Å². The van der Waals surface area contributed by atoms with Crippen LogP contribution in [0.25, 0.3) is 0 Å². The lowest BCUT2D eigenvalue weighted by Gasteiger charge is -2.18. The zero-order valence-electron chi connectivity index (χ0n) is 9.29. The lowest BCUT2D eigenvalue weighted by atomic mass is 9.86. The van der Waals surface area contributed by atoms with E-state index >= 15 is 0 Å². The number of carbonyl (C=O) groups excluding carboxylic acids is 1. The monoisotopic (exact) mass is 201 g/mol. The molecule has 78 valence electrons. The maximum Gasteiger partial charge on any atom is 0.221 e. The van der Waals surface area contributed by atoms with Gasteiger partial charge in [-0.2, -0.15) is 0 Å². The number of benzene rings is 1. The van der Waals surface area contributed by atoms with E-state index in [2.05, 4.69) is 11.2 Å². The van der Waals surface area contributed by atoms with Crippen molar-refractivity contribution in [2.45, 2.75) is 26.2 Å². The first-order valence-electron chi connectivity index (χ1n) is 4.81. The van der Waals surface area contributed by atoms with Crippen LogP contribution in [0.3, 0.4) is 0 Å². The Morgan fingerprint density at radius 2 is 1.87 bits per heavy atom. The molecule has 1 N–H and O–H groups in total. The van der Waals surface area contributed by atoms with Crippen molar-refractivity contribution < 1.29 is 4.79 Å². The Morgan fingerprint density at radius 1 is 1.33 bits per heavy atom. The molecule has 1 aromatic carbocycles. The molecule has 0 aliphatic carbocycles. The lowest BCUT2D eigenvalue weighted by molar-refractivity contribution is -0.114. The minimum atomic E-state index is -0.269. The summed E-state index contributed by atoms with van der Waals surface area (Å²) in [6, 6.07) is 7.59. The molecular weight excluding hydrogens is 186 g/mol. The molecule has 15 heavy (non-hydrogen) atoms. The molecule has 1 amide bonds. The van der Waals surface area contributed by atoms with Gasteiger partial charge in [-0.05, 0) is 31.5 Å². The summed E-state index contributed by atoms with van der Waals surface area (Å²) < 4.78 is 0. The standard InChI is InChI=1S/C13H15NO/c1-5-13(3,4)11-6-8-12(9-7-11)14-10(2)15/h1,6-9H,2-4H3,(H,14,15). The first kappa shape index (κ1) is 11.3. The summed E-state index contributed by atoms with van der Waals surface area (Å²) in [6.07, 6.45) is 5.44. The number of rotatable bonds is 2. The first-order valence-corrected chi connectivity index (χ1v) is 4.81. The molecule has 0 aliphatic heterocycles. The van der Waals surface area contributed by atoms with Gasteiger partial charge in [0.15, 0.2) is 0 Å². The van der Waals surface area contributed by atoms with E-state index in [-0.39, 0.29) is 11.3 Å². The van der Waals surface area contributed by atoms with E-state index in [9.17, 15) is 4.79 Å². The minimum absolute atomic E-state index is 0.0704. The maximum absolute atomic E-state index is 10.8. The second-order valence-electron chi connectivity index (χ2n) is 4.03. The van der Waals surface area contributed by atoms with Crippen LogP contribution in [0.5, 0.6) is 0 Å². The van der Waals surface area contributed by atoms with Gasteiger partial charge in [0.2, 0.25) is 5.91 Å². The Morgan fingerprint density at radius 3 is 2.27 bits per heavy atom. The van der Waals surface area contributed by atoms with Crippen LogP contribution in [-0.4, -0.2) is 5.91 Å². The van der Waals surface area contributed by atoms with Crippen LogP contribution >= 0.6 is 0 Å². The average molecular weight is 201 g/mol. The highest BCUT2D eigenvalue weighted by atomic mass is 16.1. The van der Waals surface area contributed by atoms with Gasteiger partial charge in [0.05, 0.1) is 5.41 Å². The van der Waals surface area contributed by atoms with Gasteiger partial charge in [-0.15, -0.1) is 6.42 Å². The van der Waals surface area contributed by atoms with Crippen LogP contribution in [0, 0.1) is 12.3 Å². The molecule has 0 spiro atoms. The van der Waals surface area contributed by atoms with Crippen molar-refractivity contribution in [3.8, 4) is 12.3 Å². The highest BCUT2D eigenvalue weighted by molar-refractivity contribution is 5.88. The summed E-state index contributed by atoms with van der Waals surface area (Å²) in [5, 5.41) is 2.71. The van der Waals surface area contributed by atoms with Gasteiger partial charge in [-0.25, -0.2) is 0 Å². The molecule has 0 heterocycles. The molecule has 0 saturated carbocycles. The van der Waals surface area contributed by atoms with E-state index in [1.54, 1.807) is 0 Å². The minimum Gasteiger partial charge on any atom is -0.326 e. The zero-order chi connectivity index (χ0) is 11.5. The fraction of sp³-hybridized carbons (Fsp3) is 0.308. The summed E-state index contributed by atoms with van der Waals surface area (Å²) in [6.45, 7) is 5.46. The van der Waals surface area contributed by atoms with E-state index < -0.39 is 0 Å². The smallest absolute Gasteiger partial charge is 0.221 e. The van der Waals surface area contributed by atoms with E-state index in [4.69, 9.17) is 6.42 Å².